The zero-order valence-corrected chi connectivity index (χ0v) is 11.4. The molecule has 4 heteroatoms. The Hall–Kier alpha value is -1.84. The Morgan fingerprint density at radius 3 is 2.83 bits per heavy atom. The maximum Gasteiger partial charge on any atom is 0.0699 e. The lowest BCUT2D eigenvalue weighted by molar-refractivity contribution is 0.712. The Kier molecular flexibility index (Phi) is 3.65. The van der Waals surface area contributed by atoms with Crippen LogP contribution >= 0.6 is 0 Å². The molecule has 2 aromatic heterocycles. The Morgan fingerprint density at radius 2 is 2.17 bits per heavy atom. The Balaban J connectivity index is 2.13. The molecule has 0 aliphatic rings. The van der Waals surface area contributed by atoms with Gasteiger partial charge in [0.25, 0.3) is 0 Å². The third-order valence-corrected chi connectivity index (χ3v) is 2.96. The minimum atomic E-state index is 0.443. The molecule has 0 fully saturated rings. The van der Waals surface area contributed by atoms with Crippen LogP contribution in [0.1, 0.15) is 36.7 Å². The van der Waals surface area contributed by atoms with E-state index in [1.54, 1.807) is 0 Å². The second-order valence-corrected chi connectivity index (χ2v) is 4.86. The van der Waals surface area contributed by atoms with Gasteiger partial charge in [0.1, 0.15) is 0 Å². The summed E-state index contributed by atoms with van der Waals surface area (Å²) in [5.41, 5.74) is 4.51. The molecule has 2 rings (SSSR count). The van der Waals surface area contributed by atoms with E-state index in [-0.39, 0.29) is 0 Å². The van der Waals surface area contributed by atoms with E-state index in [9.17, 15) is 0 Å². The number of nitrogens with one attached hydrogen (secondary N) is 1. The van der Waals surface area contributed by atoms with Crippen molar-refractivity contribution in [2.75, 3.05) is 5.32 Å². The lowest BCUT2D eigenvalue weighted by atomic mass is 10.1. The molecular formula is C14H20N4. The quantitative estimate of drug-likeness (QED) is 0.899. The molecule has 2 heterocycles. The van der Waals surface area contributed by atoms with Crippen molar-refractivity contribution in [1.29, 1.82) is 0 Å². The van der Waals surface area contributed by atoms with Crippen LogP contribution in [0.3, 0.4) is 0 Å². The summed E-state index contributed by atoms with van der Waals surface area (Å²) in [6.45, 7) is 7.13. The lowest BCUT2D eigenvalue weighted by Gasteiger charge is -2.09. The van der Waals surface area contributed by atoms with E-state index in [2.05, 4.69) is 35.4 Å². The Bertz CT molecular complexity index is 528. The first-order chi connectivity index (χ1) is 8.58. The summed E-state index contributed by atoms with van der Waals surface area (Å²) in [5, 5.41) is 7.93. The monoisotopic (exact) mass is 244 g/mol. The standard InChI is InChI=1S/C14H20N4/c1-10(2)14-12(9-18(4)17-14)8-16-13-6-5-7-15-11(13)3/h5-7,9-10,16H,8H2,1-4H3. The number of aromatic nitrogens is 3. The molecular weight excluding hydrogens is 224 g/mol. The van der Waals surface area contributed by atoms with Gasteiger partial charge in [-0.1, -0.05) is 13.8 Å². The largest absolute Gasteiger partial charge is 0.379 e. The molecule has 0 aliphatic heterocycles. The van der Waals surface area contributed by atoms with Crippen LogP contribution in [-0.2, 0) is 13.6 Å². The zero-order valence-electron chi connectivity index (χ0n) is 11.4. The van der Waals surface area contributed by atoms with Crippen LogP contribution in [0, 0.1) is 6.92 Å². The van der Waals surface area contributed by atoms with Gasteiger partial charge >= 0.3 is 0 Å². The fraction of sp³-hybridized carbons (Fsp3) is 0.429. The number of hydrogen-bond acceptors (Lipinski definition) is 3. The molecule has 0 spiro atoms. The molecule has 0 bridgehead atoms. The van der Waals surface area contributed by atoms with E-state index in [0.717, 1.165) is 23.6 Å². The van der Waals surface area contributed by atoms with Crippen LogP contribution in [0.25, 0.3) is 0 Å². The summed E-state index contributed by atoms with van der Waals surface area (Å²) < 4.78 is 1.88. The first kappa shape index (κ1) is 12.6. The molecule has 0 unspecified atom stereocenters. The molecule has 0 aromatic carbocycles. The molecule has 0 saturated heterocycles. The topological polar surface area (TPSA) is 42.7 Å². The van der Waals surface area contributed by atoms with Crippen molar-refractivity contribution < 1.29 is 0 Å². The fourth-order valence-corrected chi connectivity index (χ4v) is 2.04. The summed E-state index contributed by atoms with van der Waals surface area (Å²) in [5.74, 6) is 0.443. The molecule has 18 heavy (non-hydrogen) atoms. The van der Waals surface area contributed by atoms with Gasteiger partial charge in [-0.2, -0.15) is 5.10 Å². The number of rotatable bonds is 4. The van der Waals surface area contributed by atoms with Gasteiger partial charge in [-0.15, -0.1) is 0 Å². The molecule has 4 nitrogen and oxygen atoms in total. The SMILES string of the molecule is Cc1ncccc1NCc1cn(C)nc1C(C)C. The maximum atomic E-state index is 4.51. The zero-order chi connectivity index (χ0) is 13.1. The summed E-state index contributed by atoms with van der Waals surface area (Å²) in [4.78, 5) is 4.27. The van der Waals surface area contributed by atoms with Crippen molar-refractivity contribution in [3.05, 3.63) is 41.5 Å². The second kappa shape index (κ2) is 5.21. The number of anilines is 1. The summed E-state index contributed by atoms with van der Waals surface area (Å²) in [7, 11) is 1.96. The normalized spacial score (nSPS) is 10.9. The number of hydrogen-bond donors (Lipinski definition) is 1. The predicted molar refractivity (Wildman–Crippen MR) is 73.6 cm³/mol. The molecule has 0 aliphatic carbocycles. The van der Waals surface area contributed by atoms with E-state index >= 15 is 0 Å². The summed E-state index contributed by atoms with van der Waals surface area (Å²) in [6, 6.07) is 4.00. The summed E-state index contributed by atoms with van der Waals surface area (Å²) in [6.07, 6.45) is 3.89. The van der Waals surface area contributed by atoms with E-state index in [1.807, 2.05) is 37.0 Å². The maximum absolute atomic E-state index is 4.51. The molecule has 0 atom stereocenters. The van der Waals surface area contributed by atoms with Gasteiger partial charge in [-0.05, 0) is 25.0 Å². The lowest BCUT2D eigenvalue weighted by Crippen LogP contribution is -2.04. The van der Waals surface area contributed by atoms with Gasteiger partial charge < -0.3 is 5.32 Å². The highest BCUT2D eigenvalue weighted by Crippen LogP contribution is 2.19. The highest BCUT2D eigenvalue weighted by Gasteiger charge is 2.11. The first-order valence-electron chi connectivity index (χ1n) is 6.26. The van der Waals surface area contributed by atoms with Gasteiger partial charge in [0.2, 0.25) is 0 Å². The van der Waals surface area contributed by atoms with Crippen molar-refractivity contribution in [2.24, 2.45) is 7.05 Å². The third-order valence-electron chi connectivity index (χ3n) is 2.96. The highest BCUT2D eigenvalue weighted by atomic mass is 15.3. The van der Waals surface area contributed by atoms with Gasteiger partial charge in [0.05, 0.1) is 17.1 Å². The van der Waals surface area contributed by atoms with E-state index < -0.39 is 0 Å². The van der Waals surface area contributed by atoms with Crippen molar-refractivity contribution in [2.45, 2.75) is 33.2 Å². The van der Waals surface area contributed by atoms with Gasteiger partial charge in [-0.3, -0.25) is 9.67 Å². The molecule has 96 valence electrons. The van der Waals surface area contributed by atoms with Crippen molar-refractivity contribution in [3.63, 3.8) is 0 Å². The minimum Gasteiger partial charge on any atom is -0.379 e. The highest BCUT2D eigenvalue weighted by molar-refractivity contribution is 5.47. The van der Waals surface area contributed by atoms with E-state index in [0.29, 0.717) is 5.92 Å². The average molecular weight is 244 g/mol. The first-order valence-corrected chi connectivity index (χ1v) is 6.26. The van der Waals surface area contributed by atoms with Crippen molar-refractivity contribution in [3.8, 4) is 0 Å². The fourth-order valence-electron chi connectivity index (χ4n) is 2.04. The second-order valence-electron chi connectivity index (χ2n) is 4.86. The van der Waals surface area contributed by atoms with Crippen LogP contribution in [0.5, 0.6) is 0 Å². The number of pyridine rings is 1. The Labute approximate surface area is 108 Å². The number of aryl methyl sites for hydroxylation is 2. The van der Waals surface area contributed by atoms with E-state index in [4.69, 9.17) is 0 Å². The molecule has 2 aromatic rings. The van der Waals surface area contributed by atoms with E-state index in [1.165, 1.54) is 5.56 Å². The van der Waals surface area contributed by atoms with Crippen LogP contribution < -0.4 is 5.32 Å². The van der Waals surface area contributed by atoms with Crippen LogP contribution in [-0.4, -0.2) is 14.8 Å². The minimum absolute atomic E-state index is 0.443. The van der Waals surface area contributed by atoms with Gasteiger partial charge in [-0.25, -0.2) is 0 Å². The molecule has 0 amide bonds. The van der Waals surface area contributed by atoms with Crippen LogP contribution in [0.2, 0.25) is 0 Å². The third kappa shape index (κ3) is 2.70. The molecule has 0 saturated carbocycles. The van der Waals surface area contributed by atoms with Crippen LogP contribution in [0.4, 0.5) is 5.69 Å². The van der Waals surface area contributed by atoms with Gasteiger partial charge in [0.15, 0.2) is 0 Å². The van der Waals surface area contributed by atoms with Crippen molar-refractivity contribution in [1.82, 2.24) is 14.8 Å². The van der Waals surface area contributed by atoms with Crippen LogP contribution in [0.15, 0.2) is 24.5 Å². The smallest absolute Gasteiger partial charge is 0.0699 e. The molecule has 0 radical (unpaired) electrons. The van der Waals surface area contributed by atoms with Gasteiger partial charge in [0, 0.05) is 31.5 Å². The Morgan fingerprint density at radius 1 is 1.39 bits per heavy atom. The number of nitrogens with zero attached hydrogens (tertiary/aromatic N) is 3. The predicted octanol–water partition coefficient (Wildman–Crippen LogP) is 2.86. The van der Waals surface area contributed by atoms with Crippen molar-refractivity contribution >= 4 is 5.69 Å². The average Bonchev–Trinajstić information content (AvgIpc) is 2.70. The summed E-state index contributed by atoms with van der Waals surface area (Å²) >= 11 is 0. The molecule has 1 N–H and O–H groups in total.